The third-order valence-corrected chi connectivity index (χ3v) is 4.85. The van der Waals surface area contributed by atoms with E-state index in [1.165, 1.54) is 0 Å². The number of furan rings is 1. The van der Waals surface area contributed by atoms with Gasteiger partial charge in [-0.1, -0.05) is 30.3 Å². The van der Waals surface area contributed by atoms with Crippen LogP contribution < -0.4 is 10.1 Å². The molecule has 0 aliphatic rings. The fourth-order valence-electron chi connectivity index (χ4n) is 3.38. The highest BCUT2D eigenvalue weighted by Crippen LogP contribution is 2.22. The van der Waals surface area contributed by atoms with Gasteiger partial charge in [-0.05, 0) is 48.9 Å². The van der Waals surface area contributed by atoms with Gasteiger partial charge < -0.3 is 14.5 Å². The quantitative estimate of drug-likeness (QED) is 0.525. The summed E-state index contributed by atoms with van der Waals surface area (Å²) in [6.45, 7) is 4.10. The van der Waals surface area contributed by atoms with Crippen LogP contribution in [-0.2, 0) is 13.7 Å². The van der Waals surface area contributed by atoms with Crippen LogP contribution in [0.2, 0.25) is 0 Å². The van der Waals surface area contributed by atoms with Crippen molar-refractivity contribution in [1.82, 2.24) is 15.1 Å². The van der Waals surface area contributed by atoms with E-state index >= 15 is 0 Å². The number of hydrogen-bond acceptors (Lipinski definition) is 4. The lowest BCUT2D eigenvalue weighted by molar-refractivity contribution is 0.0907. The van der Waals surface area contributed by atoms with Crippen LogP contribution in [0.4, 0.5) is 0 Å². The number of rotatable bonds is 6. The number of carbonyl (C=O) groups excluding carboxylic acids is 1. The highest BCUT2D eigenvalue weighted by Gasteiger charge is 2.18. The van der Waals surface area contributed by atoms with Crippen LogP contribution in [0.5, 0.6) is 5.75 Å². The Labute approximate surface area is 169 Å². The average molecular weight is 389 g/mol. The summed E-state index contributed by atoms with van der Waals surface area (Å²) in [5.41, 5.74) is 1.87. The van der Waals surface area contributed by atoms with Gasteiger partial charge in [-0.2, -0.15) is 5.10 Å². The predicted octanol–water partition coefficient (Wildman–Crippen LogP) is 4.54. The summed E-state index contributed by atoms with van der Waals surface area (Å²) in [5, 5.41) is 9.54. The van der Waals surface area contributed by atoms with Gasteiger partial charge in [0.05, 0.1) is 11.7 Å². The van der Waals surface area contributed by atoms with E-state index in [1.807, 2.05) is 63.5 Å². The zero-order valence-corrected chi connectivity index (χ0v) is 16.7. The van der Waals surface area contributed by atoms with Crippen molar-refractivity contribution in [3.05, 3.63) is 83.6 Å². The smallest absolute Gasteiger partial charge is 0.287 e. The maximum atomic E-state index is 12.5. The molecule has 1 N–H and O–H groups in total. The maximum absolute atomic E-state index is 12.5. The predicted molar refractivity (Wildman–Crippen MR) is 111 cm³/mol. The number of carbonyl (C=O) groups is 1. The van der Waals surface area contributed by atoms with Crippen molar-refractivity contribution in [2.24, 2.45) is 7.05 Å². The minimum Gasteiger partial charge on any atom is -0.486 e. The Kier molecular flexibility index (Phi) is 5.08. The normalized spacial score (nSPS) is 12.1. The summed E-state index contributed by atoms with van der Waals surface area (Å²) in [5.74, 6) is 1.34. The summed E-state index contributed by atoms with van der Waals surface area (Å²) < 4.78 is 13.2. The van der Waals surface area contributed by atoms with Gasteiger partial charge >= 0.3 is 0 Å². The second kappa shape index (κ2) is 7.83. The Morgan fingerprint density at radius 2 is 1.97 bits per heavy atom. The fraction of sp³-hybridized carbons (Fsp3) is 0.217. The van der Waals surface area contributed by atoms with Crippen LogP contribution in [0.3, 0.4) is 0 Å². The fourth-order valence-corrected chi connectivity index (χ4v) is 3.38. The van der Waals surface area contributed by atoms with Gasteiger partial charge in [0.15, 0.2) is 5.76 Å². The minimum atomic E-state index is -0.266. The summed E-state index contributed by atoms with van der Waals surface area (Å²) in [6, 6.07) is 17.3. The lowest BCUT2D eigenvalue weighted by Crippen LogP contribution is -2.26. The first-order valence-corrected chi connectivity index (χ1v) is 9.51. The van der Waals surface area contributed by atoms with Gasteiger partial charge in [-0.15, -0.1) is 0 Å². The summed E-state index contributed by atoms with van der Waals surface area (Å²) in [4.78, 5) is 12.5. The first kappa shape index (κ1) is 18.8. The molecule has 4 rings (SSSR count). The van der Waals surface area contributed by atoms with E-state index < -0.39 is 0 Å². The van der Waals surface area contributed by atoms with Crippen molar-refractivity contribution in [3.8, 4) is 5.75 Å². The number of fused-ring (bicyclic) bond motifs is 1. The number of hydrogen-bond donors (Lipinski definition) is 1. The number of aromatic nitrogens is 2. The molecule has 29 heavy (non-hydrogen) atoms. The minimum absolute atomic E-state index is 0.168. The van der Waals surface area contributed by atoms with Gasteiger partial charge in [-0.25, -0.2) is 0 Å². The number of aryl methyl sites for hydroxylation is 2. The molecule has 1 atom stereocenters. The molecule has 6 nitrogen and oxygen atoms in total. The van der Waals surface area contributed by atoms with Crippen molar-refractivity contribution < 1.29 is 13.9 Å². The highest BCUT2D eigenvalue weighted by molar-refractivity contribution is 5.91. The van der Waals surface area contributed by atoms with Gasteiger partial charge in [0.25, 0.3) is 5.91 Å². The van der Waals surface area contributed by atoms with Crippen molar-refractivity contribution >= 4 is 16.7 Å². The van der Waals surface area contributed by atoms with E-state index in [0.29, 0.717) is 5.76 Å². The Morgan fingerprint density at radius 3 is 2.72 bits per heavy atom. The number of ether oxygens (including phenoxy) is 1. The Balaban J connectivity index is 1.38. The van der Waals surface area contributed by atoms with Gasteiger partial charge in [0, 0.05) is 18.8 Å². The zero-order valence-electron chi connectivity index (χ0n) is 16.7. The van der Waals surface area contributed by atoms with Crippen molar-refractivity contribution in [2.75, 3.05) is 0 Å². The molecule has 2 aromatic heterocycles. The molecule has 0 saturated carbocycles. The number of amides is 1. The standard InChI is InChI=1S/C23H23N3O3/c1-15(21-13-26(3)25-16(21)2)24-23(27)22-11-10-20(29-22)14-28-19-9-8-17-6-4-5-7-18(17)12-19/h4-13,15H,14H2,1-3H3,(H,24,27). The SMILES string of the molecule is Cc1nn(C)cc1C(C)NC(=O)c1ccc(COc2ccc3ccccc3c2)o1. The maximum Gasteiger partial charge on any atom is 0.287 e. The number of benzene rings is 2. The monoisotopic (exact) mass is 389 g/mol. The first-order chi connectivity index (χ1) is 14.0. The number of nitrogens with zero attached hydrogens (tertiary/aromatic N) is 2. The van der Waals surface area contributed by atoms with Crippen molar-refractivity contribution in [2.45, 2.75) is 26.5 Å². The first-order valence-electron chi connectivity index (χ1n) is 9.51. The van der Waals surface area contributed by atoms with E-state index in [0.717, 1.165) is 27.8 Å². The zero-order chi connectivity index (χ0) is 20.4. The molecule has 0 spiro atoms. The third-order valence-electron chi connectivity index (χ3n) is 4.85. The Morgan fingerprint density at radius 1 is 1.17 bits per heavy atom. The van der Waals surface area contributed by atoms with Crippen molar-refractivity contribution in [1.29, 1.82) is 0 Å². The third kappa shape index (κ3) is 4.16. The summed E-state index contributed by atoms with van der Waals surface area (Å²) >= 11 is 0. The van der Waals surface area contributed by atoms with Gasteiger partial charge in [0.1, 0.15) is 18.1 Å². The second-order valence-electron chi connectivity index (χ2n) is 7.10. The molecule has 6 heteroatoms. The van der Waals surface area contributed by atoms with E-state index in [2.05, 4.69) is 16.5 Å². The molecular weight excluding hydrogens is 366 g/mol. The van der Waals surface area contributed by atoms with E-state index in [1.54, 1.807) is 16.8 Å². The largest absolute Gasteiger partial charge is 0.486 e. The molecule has 4 aromatic rings. The highest BCUT2D eigenvalue weighted by atomic mass is 16.5. The lowest BCUT2D eigenvalue weighted by atomic mass is 10.1. The lowest BCUT2D eigenvalue weighted by Gasteiger charge is -2.12. The van der Waals surface area contributed by atoms with Crippen LogP contribution in [0, 0.1) is 6.92 Å². The molecule has 0 bridgehead atoms. The molecule has 1 unspecified atom stereocenters. The molecular formula is C23H23N3O3. The molecule has 2 aromatic carbocycles. The second-order valence-corrected chi connectivity index (χ2v) is 7.10. The molecule has 0 saturated heterocycles. The number of nitrogens with one attached hydrogen (secondary N) is 1. The van der Waals surface area contributed by atoms with Crippen LogP contribution in [-0.4, -0.2) is 15.7 Å². The molecule has 148 valence electrons. The van der Waals surface area contributed by atoms with E-state index in [-0.39, 0.29) is 24.3 Å². The summed E-state index contributed by atoms with van der Waals surface area (Å²) in [7, 11) is 1.86. The molecule has 0 fully saturated rings. The average Bonchev–Trinajstić information content (AvgIpc) is 3.32. The van der Waals surface area contributed by atoms with Gasteiger partial charge in [-0.3, -0.25) is 9.48 Å². The van der Waals surface area contributed by atoms with Crippen LogP contribution in [0.15, 0.2) is 65.2 Å². The van der Waals surface area contributed by atoms with E-state index in [9.17, 15) is 4.79 Å². The molecule has 0 aliphatic carbocycles. The van der Waals surface area contributed by atoms with E-state index in [4.69, 9.17) is 9.15 Å². The molecule has 2 heterocycles. The molecule has 0 radical (unpaired) electrons. The van der Waals surface area contributed by atoms with Crippen LogP contribution in [0.25, 0.3) is 10.8 Å². The van der Waals surface area contributed by atoms with Crippen LogP contribution >= 0.6 is 0 Å². The van der Waals surface area contributed by atoms with Crippen LogP contribution in [0.1, 0.15) is 40.5 Å². The Bertz CT molecular complexity index is 1160. The molecule has 1 amide bonds. The summed E-state index contributed by atoms with van der Waals surface area (Å²) in [6.07, 6.45) is 1.91. The topological polar surface area (TPSA) is 69.3 Å². The van der Waals surface area contributed by atoms with Crippen molar-refractivity contribution in [3.63, 3.8) is 0 Å². The Hall–Kier alpha value is -3.54. The van der Waals surface area contributed by atoms with Gasteiger partial charge in [0.2, 0.25) is 0 Å². The molecule has 0 aliphatic heterocycles.